The lowest BCUT2D eigenvalue weighted by Gasteiger charge is -2.10. The lowest BCUT2D eigenvalue weighted by Crippen LogP contribution is -2.34. The molecule has 0 aliphatic rings. The Bertz CT molecular complexity index is 657. The Morgan fingerprint density at radius 3 is 2.59 bits per heavy atom. The van der Waals surface area contributed by atoms with Crippen LogP contribution in [0, 0.1) is 12.7 Å². The van der Waals surface area contributed by atoms with Gasteiger partial charge in [-0.25, -0.2) is 9.37 Å². The number of ether oxygens (including phenoxy) is 1. The molecule has 0 bridgehead atoms. The van der Waals surface area contributed by atoms with Gasteiger partial charge in [0.2, 0.25) is 5.88 Å². The number of halogens is 1. The van der Waals surface area contributed by atoms with Crippen LogP contribution in [0.15, 0.2) is 30.3 Å². The molecular formula is C16H18FN3O2. The number of aromatic nitrogens is 2. The van der Waals surface area contributed by atoms with Crippen LogP contribution >= 0.6 is 0 Å². The molecule has 0 aliphatic heterocycles. The summed E-state index contributed by atoms with van der Waals surface area (Å²) in [7, 11) is 0. The quantitative estimate of drug-likeness (QED) is 0.921. The zero-order chi connectivity index (χ0) is 16.1. The zero-order valence-electron chi connectivity index (χ0n) is 12.8. The number of amides is 1. The highest BCUT2D eigenvalue weighted by Crippen LogP contribution is 2.19. The highest BCUT2D eigenvalue weighted by molar-refractivity contribution is 5.77. The second kappa shape index (κ2) is 6.98. The normalized spacial score (nSPS) is 10.6. The SMILES string of the molecule is Cc1cc(OCC(=O)NC(C)C)nc(-c2ccc(F)cc2)n1. The van der Waals surface area contributed by atoms with Gasteiger partial charge in [-0.1, -0.05) is 0 Å². The maximum absolute atomic E-state index is 13.0. The van der Waals surface area contributed by atoms with Gasteiger partial charge < -0.3 is 10.1 Å². The average Bonchev–Trinajstić information content (AvgIpc) is 2.44. The van der Waals surface area contributed by atoms with E-state index in [9.17, 15) is 9.18 Å². The molecule has 2 rings (SSSR count). The highest BCUT2D eigenvalue weighted by atomic mass is 19.1. The Balaban J connectivity index is 2.13. The van der Waals surface area contributed by atoms with Gasteiger partial charge in [0, 0.05) is 23.4 Å². The summed E-state index contributed by atoms with van der Waals surface area (Å²) in [6, 6.07) is 7.59. The van der Waals surface area contributed by atoms with Gasteiger partial charge in [0.15, 0.2) is 12.4 Å². The number of nitrogens with zero attached hydrogens (tertiary/aromatic N) is 2. The van der Waals surface area contributed by atoms with Gasteiger partial charge in [-0.2, -0.15) is 4.98 Å². The fraction of sp³-hybridized carbons (Fsp3) is 0.312. The monoisotopic (exact) mass is 303 g/mol. The van der Waals surface area contributed by atoms with Crippen molar-refractivity contribution in [3.63, 3.8) is 0 Å². The lowest BCUT2D eigenvalue weighted by atomic mass is 10.2. The molecule has 0 fully saturated rings. The Morgan fingerprint density at radius 2 is 1.95 bits per heavy atom. The number of aryl methyl sites for hydroxylation is 1. The molecule has 0 spiro atoms. The minimum absolute atomic E-state index is 0.0537. The van der Waals surface area contributed by atoms with Gasteiger partial charge in [-0.3, -0.25) is 4.79 Å². The molecule has 0 unspecified atom stereocenters. The number of carbonyl (C=O) groups is 1. The van der Waals surface area contributed by atoms with Crippen molar-refractivity contribution < 1.29 is 13.9 Å². The van der Waals surface area contributed by atoms with E-state index >= 15 is 0 Å². The van der Waals surface area contributed by atoms with Crippen LogP contribution in [0.1, 0.15) is 19.5 Å². The van der Waals surface area contributed by atoms with E-state index in [4.69, 9.17) is 4.74 Å². The molecule has 0 aliphatic carbocycles. The van der Waals surface area contributed by atoms with E-state index in [1.165, 1.54) is 12.1 Å². The summed E-state index contributed by atoms with van der Waals surface area (Å²) >= 11 is 0. The summed E-state index contributed by atoms with van der Waals surface area (Å²) in [4.78, 5) is 20.1. The van der Waals surface area contributed by atoms with E-state index in [-0.39, 0.29) is 24.4 Å². The van der Waals surface area contributed by atoms with Crippen molar-refractivity contribution in [1.29, 1.82) is 0 Å². The maximum atomic E-state index is 13.0. The van der Waals surface area contributed by atoms with Crippen molar-refractivity contribution in [3.8, 4) is 17.3 Å². The molecular weight excluding hydrogens is 285 g/mol. The van der Waals surface area contributed by atoms with Crippen molar-refractivity contribution in [2.45, 2.75) is 26.8 Å². The smallest absolute Gasteiger partial charge is 0.258 e. The molecule has 116 valence electrons. The molecule has 2 aromatic rings. The molecule has 1 amide bonds. The summed E-state index contributed by atoms with van der Waals surface area (Å²) in [5.74, 6) is 0.206. The summed E-state index contributed by atoms with van der Waals surface area (Å²) in [6.07, 6.45) is 0. The van der Waals surface area contributed by atoms with Gasteiger partial charge in [0.25, 0.3) is 5.91 Å². The van der Waals surface area contributed by atoms with Crippen molar-refractivity contribution in [2.75, 3.05) is 6.61 Å². The summed E-state index contributed by atoms with van der Waals surface area (Å²) < 4.78 is 18.4. The van der Waals surface area contributed by atoms with Crippen LogP contribution in [0.25, 0.3) is 11.4 Å². The predicted molar refractivity (Wildman–Crippen MR) is 80.9 cm³/mol. The van der Waals surface area contributed by atoms with E-state index in [1.807, 2.05) is 13.8 Å². The van der Waals surface area contributed by atoms with Crippen molar-refractivity contribution in [1.82, 2.24) is 15.3 Å². The van der Waals surface area contributed by atoms with Crippen LogP contribution in [0.4, 0.5) is 4.39 Å². The zero-order valence-corrected chi connectivity index (χ0v) is 12.8. The van der Waals surface area contributed by atoms with Crippen LogP contribution in [-0.4, -0.2) is 28.5 Å². The summed E-state index contributed by atoms with van der Waals surface area (Å²) in [5.41, 5.74) is 1.38. The number of benzene rings is 1. The fourth-order valence-electron chi connectivity index (χ4n) is 1.84. The fourth-order valence-corrected chi connectivity index (χ4v) is 1.84. The van der Waals surface area contributed by atoms with Crippen LogP contribution in [0.5, 0.6) is 5.88 Å². The minimum atomic E-state index is -0.321. The van der Waals surface area contributed by atoms with E-state index in [0.29, 0.717) is 23.0 Å². The summed E-state index contributed by atoms with van der Waals surface area (Å²) in [5, 5.41) is 2.73. The largest absolute Gasteiger partial charge is 0.467 e. The van der Waals surface area contributed by atoms with E-state index in [2.05, 4.69) is 15.3 Å². The number of hydrogen-bond acceptors (Lipinski definition) is 4. The first-order valence-electron chi connectivity index (χ1n) is 6.98. The lowest BCUT2D eigenvalue weighted by molar-refractivity contribution is -0.123. The second-order valence-electron chi connectivity index (χ2n) is 5.19. The van der Waals surface area contributed by atoms with Gasteiger partial charge in [-0.15, -0.1) is 0 Å². The van der Waals surface area contributed by atoms with Gasteiger partial charge in [0.05, 0.1) is 0 Å². The predicted octanol–water partition coefficient (Wildman–Crippen LogP) is 2.49. The minimum Gasteiger partial charge on any atom is -0.467 e. The topological polar surface area (TPSA) is 64.1 Å². The van der Waals surface area contributed by atoms with Crippen LogP contribution in [0.2, 0.25) is 0 Å². The number of carbonyl (C=O) groups excluding carboxylic acids is 1. The van der Waals surface area contributed by atoms with Crippen molar-refractivity contribution >= 4 is 5.91 Å². The van der Waals surface area contributed by atoms with Crippen molar-refractivity contribution in [2.24, 2.45) is 0 Å². The van der Waals surface area contributed by atoms with Crippen molar-refractivity contribution in [3.05, 3.63) is 41.8 Å². The molecule has 0 atom stereocenters. The van der Waals surface area contributed by atoms with Crippen LogP contribution in [-0.2, 0) is 4.79 Å². The Kier molecular flexibility index (Phi) is 5.04. The number of nitrogens with one attached hydrogen (secondary N) is 1. The number of rotatable bonds is 5. The highest BCUT2D eigenvalue weighted by Gasteiger charge is 2.09. The van der Waals surface area contributed by atoms with Gasteiger partial charge in [-0.05, 0) is 45.0 Å². The van der Waals surface area contributed by atoms with E-state index < -0.39 is 0 Å². The first-order chi connectivity index (χ1) is 10.4. The first kappa shape index (κ1) is 15.9. The maximum Gasteiger partial charge on any atom is 0.258 e. The molecule has 1 aromatic heterocycles. The second-order valence-corrected chi connectivity index (χ2v) is 5.19. The van der Waals surface area contributed by atoms with Gasteiger partial charge in [0.1, 0.15) is 5.82 Å². The number of hydrogen-bond donors (Lipinski definition) is 1. The van der Waals surface area contributed by atoms with Gasteiger partial charge >= 0.3 is 0 Å². The Labute approximate surface area is 128 Å². The molecule has 1 N–H and O–H groups in total. The molecule has 0 saturated carbocycles. The Morgan fingerprint density at radius 1 is 1.27 bits per heavy atom. The molecule has 0 radical (unpaired) electrons. The van der Waals surface area contributed by atoms with E-state index in [0.717, 1.165) is 0 Å². The molecule has 1 aromatic carbocycles. The van der Waals surface area contributed by atoms with Crippen LogP contribution in [0.3, 0.4) is 0 Å². The third-order valence-corrected chi connectivity index (χ3v) is 2.73. The molecule has 0 saturated heterocycles. The Hall–Kier alpha value is -2.50. The van der Waals surface area contributed by atoms with E-state index in [1.54, 1.807) is 25.1 Å². The molecule has 22 heavy (non-hydrogen) atoms. The van der Waals surface area contributed by atoms with Crippen LogP contribution < -0.4 is 10.1 Å². The third kappa shape index (κ3) is 4.51. The molecule has 5 nitrogen and oxygen atoms in total. The third-order valence-electron chi connectivity index (χ3n) is 2.73. The molecule has 6 heteroatoms. The first-order valence-corrected chi connectivity index (χ1v) is 6.98. The summed E-state index contributed by atoms with van der Waals surface area (Å²) in [6.45, 7) is 5.44. The average molecular weight is 303 g/mol. The standard InChI is InChI=1S/C16H18FN3O2/c1-10(2)18-14(21)9-22-15-8-11(3)19-16(20-15)12-4-6-13(17)7-5-12/h4-8,10H,9H2,1-3H3,(H,18,21). The molecule has 1 heterocycles.